The van der Waals surface area contributed by atoms with Crippen LogP contribution in [0.4, 0.5) is 0 Å². The highest BCUT2D eigenvalue weighted by atomic mass is 14.9. The van der Waals surface area contributed by atoms with Crippen molar-refractivity contribution in [2.45, 2.75) is 71.8 Å². The number of rotatable bonds is 6. The van der Waals surface area contributed by atoms with Gasteiger partial charge in [-0.1, -0.05) is 46.5 Å². The summed E-state index contributed by atoms with van der Waals surface area (Å²) in [6.07, 6.45) is 9.99. The molecule has 1 fully saturated rings. The van der Waals surface area contributed by atoms with Gasteiger partial charge in [0.15, 0.2) is 0 Å². The molecule has 0 spiro atoms. The molecule has 1 unspecified atom stereocenters. The van der Waals surface area contributed by atoms with Crippen molar-refractivity contribution in [1.82, 2.24) is 5.32 Å². The largest absolute Gasteiger partial charge is 0.314 e. The van der Waals surface area contributed by atoms with Gasteiger partial charge in [-0.3, -0.25) is 0 Å². The second-order valence-corrected chi connectivity index (χ2v) is 5.14. The average Bonchev–Trinajstić information content (AvgIpc) is 2.29. The average molecular weight is 211 g/mol. The van der Waals surface area contributed by atoms with Crippen LogP contribution in [-0.2, 0) is 0 Å². The summed E-state index contributed by atoms with van der Waals surface area (Å²) < 4.78 is 0. The van der Waals surface area contributed by atoms with Crippen LogP contribution in [0.1, 0.15) is 65.7 Å². The van der Waals surface area contributed by atoms with E-state index in [-0.39, 0.29) is 0 Å². The van der Waals surface area contributed by atoms with Gasteiger partial charge in [-0.2, -0.15) is 0 Å². The van der Waals surface area contributed by atoms with E-state index in [1.165, 1.54) is 44.9 Å². The van der Waals surface area contributed by atoms with Crippen LogP contribution in [-0.4, -0.2) is 12.6 Å². The Labute approximate surface area is 96.0 Å². The van der Waals surface area contributed by atoms with Crippen molar-refractivity contribution in [3.05, 3.63) is 0 Å². The lowest BCUT2D eigenvalue weighted by atomic mass is 9.76. The van der Waals surface area contributed by atoms with Crippen molar-refractivity contribution in [2.75, 3.05) is 6.54 Å². The van der Waals surface area contributed by atoms with Crippen molar-refractivity contribution in [1.29, 1.82) is 0 Å². The highest BCUT2D eigenvalue weighted by Gasteiger charge is 2.25. The molecular weight excluding hydrogens is 182 g/mol. The van der Waals surface area contributed by atoms with E-state index in [1.807, 2.05) is 0 Å². The summed E-state index contributed by atoms with van der Waals surface area (Å²) in [5.41, 5.74) is 0. The Bertz CT molecular complexity index is 141. The number of hydrogen-bond donors (Lipinski definition) is 1. The van der Waals surface area contributed by atoms with Crippen LogP contribution < -0.4 is 5.32 Å². The molecule has 0 aliphatic heterocycles. The van der Waals surface area contributed by atoms with E-state index >= 15 is 0 Å². The molecule has 0 aromatic heterocycles. The molecule has 1 rings (SSSR count). The predicted octanol–water partition coefficient (Wildman–Crippen LogP) is 3.98. The van der Waals surface area contributed by atoms with Crippen LogP contribution in [0.2, 0.25) is 0 Å². The van der Waals surface area contributed by atoms with Gasteiger partial charge in [0.05, 0.1) is 0 Å². The third-order valence-electron chi connectivity index (χ3n) is 4.10. The Morgan fingerprint density at radius 2 is 1.73 bits per heavy atom. The summed E-state index contributed by atoms with van der Waals surface area (Å²) in [7, 11) is 0. The SMILES string of the molecule is CCCC(NCC)C1CCC(CC)CC1. The maximum atomic E-state index is 3.69. The van der Waals surface area contributed by atoms with Gasteiger partial charge >= 0.3 is 0 Å². The summed E-state index contributed by atoms with van der Waals surface area (Å²) in [5, 5.41) is 3.69. The Balaban J connectivity index is 2.34. The maximum absolute atomic E-state index is 3.69. The lowest BCUT2D eigenvalue weighted by Gasteiger charge is -2.34. The second kappa shape index (κ2) is 7.27. The lowest BCUT2D eigenvalue weighted by Crippen LogP contribution is -2.37. The lowest BCUT2D eigenvalue weighted by molar-refractivity contribution is 0.211. The molecule has 15 heavy (non-hydrogen) atoms. The Kier molecular flexibility index (Phi) is 6.31. The van der Waals surface area contributed by atoms with E-state index < -0.39 is 0 Å². The number of hydrogen-bond acceptors (Lipinski definition) is 1. The molecule has 1 heteroatoms. The Morgan fingerprint density at radius 1 is 1.07 bits per heavy atom. The first-order chi connectivity index (χ1) is 7.31. The molecule has 1 aliphatic rings. The van der Waals surface area contributed by atoms with Gasteiger partial charge in [0.25, 0.3) is 0 Å². The zero-order valence-electron chi connectivity index (χ0n) is 10.9. The minimum Gasteiger partial charge on any atom is -0.314 e. The third kappa shape index (κ3) is 4.14. The van der Waals surface area contributed by atoms with Crippen LogP contribution in [0.15, 0.2) is 0 Å². The summed E-state index contributed by atoms with van der Waals surface area (Å²) in [6.45, 7) is 8.03. The third-order valence-corrected chi connectivity index (χ3v) is 4.10. The maximum Gasteiger partial charge on any atom is 0.00951 e. The van der Waals surface area contributed by atoms with Gasteiger partial charge in [-0.05, 0) is 37.6 Å². The van der Waals surface area contributed by atoms with Crippen LogP contribution in [0.3, 0.4) is 0 Å². The van der Waals surface area contributed by atoms with Crippen LogP contribution in [0.5, 0.6) is 0 Å². The first kappa shape index (κ1) is 13.0. The molecular formula is C14H29N. The first-order valence-corrected chi connectivity index (χ1v) is 7.05. The first-order valence-electron chi connectivity index (χ1n) is 7.05. The summed E-state index contributed by atoms with van der Waals surface area (Å²) in [4.78, 5) is 0. The van der Waals surface area contributed by atoms with Crippen LogP contribution in [0, 0.1) is 11.8 Å². The number of nitrogens with one attached hydrogen (secondary N) is 1. The van der Waals surface area contributed by atoms with E-state index in [4.69, 9.17) is 0 Å². The molecule has 1 saturated carbocycles. The van der Waals surface area contributed by atoms with Crippen molar-refractivity contribution < 1.29 is 0 Å². The van der Waals surface area contributed by atoms with Crippen LogP contribution in [0.25, 0.3) is 0 Å². The highest BCUT2D eigenvalue weighted by molar-refractivity contribution is 4.81. The second-order valence-electron chi connectivity index (χ2n) is 5.14. The molecule has 0 bridgehead atoms. The minimum atomic E-state index is 0.804. The van der Waals surface area contributed by atoms with Gasteiger partial charge in [-0.25, -0.2) is 0 Å². The fourth-order valence-electron chi connectivity index (χ4n) is 3.08. The van der Waals surface area contributed by atoms with Gasteiger partial charge in [-0.15, -0.1) is 0 Å². The Morgan fingerprint density at radius 3 is 2.20 bits per heavy atom. The monoisotopic (exact) mass is 211 g/mol. The van der Waals surface area contributed by atoms with Gasteiger partial charge in [0.2, 0.25) is 0 Å². The smallest absolute Gasteiger partial charge is 0.00951 e. The molecule has 0 saturated heterocycles. The van der Waals surface area contributed by atoms with Crippen molar-refractivity contribution in [3.8, 4) is 0 Å². The normalized spacial score (nSPS) is 29.0. The van der Waals surface area contributed by atoms with Crippen molar-refractivity contribution in [3.63, 3.8) is 0 Å². The fraction of sp³-hybridized carbons (Fsp3) is 1.00. The minimum absolute atomic E-state index is 0.804. The summed E-state index contributed by atoms with van der Waals surface area (Å²) in [5.74, 6) is 2.00. The Hall–Kier alpha value is -0.0400. The molecule has 1 N–H and O–H groups in total. The molecule has 90 valence electrons. The predicted molar refractivity (Wildman–Crippen MR) is 68.1 cm³/mol. The standard InChI is InChI=1S/C14H29N/c1-4-7-14(15-6-3)13-10-8-12(5-2)9-11-13/h12-15H,4-11H2,1-3H3. The molecule has 0 aromatic carbocycles. The molecule has 0 aromatic rings. The van der Waals surface area contributed by atoms with E-state index in [0.29, 0.717) is 0 Å². The van der Waals surface area contributed by atoms with E-state index in [9.17, 15) is 0 Å². The van der Waals surface area contributed by atoms with E-state index in [0.717, 1.165) is 24.4 Å². The quantitative estimate of drug-likeness (QED) is 0.700. The zero-order valence-corrected chi connectivity index (χ0v) is 10.9. The molecule has 1 nitrogen and oxygen atoms in total. The summed E-state index contributed by atoms with van der Waals surface area (Å²) in [6, 6.07) is 0.804. The van der Waals surface area contributed by atoms with Gasteiger partial charge in [0.1, 0.15) is 0 Å². The zero-order chi connectivity index (χ0) is 11.1. The fourth-order valence-corrected chi connectivity index (χ4v) is 3.08. The van der Waals surface area contributed by atoms with Crippen LogP contribution >= 0.6 is 0 Å². The van der Waals surface area contributed by atoms with E-state index in [2.05, 4.69) is 26.1 Å². The van der Waals surface area contributed by atoms with Crippen molar-refractivity contribution >= 4 is 0 Å². The van der Waals surface area contributed by atoms with Gasteiger partial charge in [0, 0.05) is 6.04 Å². The highest BCUT2D eigenvalue weighted by Crippen LogP contribution is 2.33. The topological polar surface area (TPSA) is 12.0 Å². The van der Waals surface area contributed by atoms with Gasteiger partial charge < -0.3 is 5.32 Å². The molecule has 1 atom stereocenters. The molecule has 0 amide bonds. The molecule has 0 radical (unpaired) electrons. The van der Waals surface area contributed by atoms with Crippen molar-refractivity contribution in [2.24, 2.45) is 11.8 Å². The molecule has 0 heterocycles. The van der Waals surface area contributed by atoms with E-state index in [1.54, 1.807) is 0 Å². The summed E-state index contributed by atoms with van der Waals surface area (Å²) >= 11 is 0. The molecule has 1 aliphatic carbocycles.